The van der Waals surface area contributed by atoms with Gasteiger partial charge in [0.05, 0.1) is 24.8 Å². The maximum atomic E-state index is 11.8. The fourth-order valence-electron chi connectivity index (χ4n) is 1.74. The molecule has 0 saturated heterocycles. The lowest BCUT2D eigenvalue weighted by Crippen LogP contribution is -2.18. The predicted octanol–water partition coefficient (Wildman–Crippen LogP) is 1.76. The van der Waals surface area contributed by atoms with Crippen LogP contribution in [0.3, 0.4) is 0 Å². The van der Waals surface area contributed by atoms with Gasteiger partial charge in [-0.1, -0.05) is 24.4 Å². The molecular weight excluding hydrogens is 288 g/mol. The van der Waals surface area contributed by atoms with Gasteiger partial charge in [-0.05, 0) is 24.6 Å². The molecule has 0 radical (unpaired) electrons. The number of aromatic nitrogens is 2. The molecule has 7 heteroatoms. The second-order valence-electron chi connectivity index (χ2n) is 4.49. The van der Waals surface area contributed by atoms with Crippen LogP contribution in [0.15, 0.2) is 30.5 Å². The van der Waals surface area contributed by atoms with Crippen molar-refractivity contribution >= 4 is 28.9 Å². The van der Waals surface area contributed by atoms with Crippen molar-refractivity contribution in [2.24, 2.45) is 5.73 Å². The molecule has 0 aliphatic rings. The number of carbonyl (C=O) groups is 1. The second kappa shape index (κ2) is 6.85. The summed E-state index contributed by atoms with van der Waals surface area (Å²) in [6.45, 7) is 2.26. The van der Waals surface area contributed by atoms with E-state index in [0.29, 0.717) is 11.4 Å². The van der Waals surface area contributed by atoms with E-state index in [2.05, 4.69) is 15.5 Å². The van der Waals surface area contributed by atoms with Crippen LogP contribution in [0, 0.1) is 6.92 Å². The van der Waals surface area contributed by atoms with E-state index in [0.717, 1.165) is 11.3 Å². The van der Waals surface area contributed by atoms with Crippen molar-refractivity contribution < 1.29 is 9.53 Å². The quantitative estimate of drug-likeness (QED) is 0.707. The van der Waals surface area contributed by atoms with Crippen LogP contribution in [0.5, 0.6) is 5.75 Å². The lowest BCUT2D eigenvalue weighted by atomic mass is 10.2. The average molecular weight is 304 g/mol. The number of nitrogens with two attached hydrogens (primary N) is 1. The zero-order valence-electron chi connectivity index (χ0n) is 11.6. The zero-order chi connectivity index (χ0) is 15.2. The van der Waals surface area contributed by atoms with E-state index in [1.807, 2.05) is 31.2 Å². The van der Waals surface area contributed by atoms with Crippen molar-refractivity contribution in [2.45, 2.75) is 13.3 Å². The van der Waals surface area contributed by atoms with E-state index in [1.54, 1.807) is 0 Å². The minimum atomic E-state index is -0.204. The molecule has 2 rings (SSSR count). The summed E-state index contributed by atoms with van der Waals surface area (Å²) in [5.41, 5.74) is 7.14. The molecule has 0 saturated carbocycles. The normalized spacial score (nSPS) is 10.1. The molecule has 110 valence electrons. The first-order chi connectivity index (χ1) is 10.1. The van der Waals surface area contributed by atoms with E-state index in [9.17, 15) is 4.79 Å². The van der Waals surface area contributed by atoms with Crippen molar-refractivity contribution in [3.63, 3.8) is 0 Å². The third-order valence-corrected chi connectivity index (χ3v) is 2.98. The third-order valence-electron chi connectivity index (χ3n) is 2.76. The number of thiocarbonyl (C=S) groups is 1. The summed E-state index contributed by atoms with van der Waals surface area (Å²) in [7, 11) is 0. The molecule has 0 atom stereocenters. The van der Waals surface area contributed by atoms with Gasteiger partial charge >= 0.3 is 0 Å². The molecule has 1 aromatic heterocycles. The molecule has 21 heavy (non-hydrogen) atoms. The molecule has 1 aromatic carbocycles. The molecule has 1 heterocycles. The van der Waals surface area contributed by atoms with Crippen LogP contribution in [0.4, 0.5) is 5.82 Å². The van der Waals surface area contributed by atoms with E-state index >= 15 is 0 Å². The van der Waals surface area contributed by atoms with Gasteiger partial charge in [0.2, 0.25) is 5.91 Å². The Balaban J connectivity index is 1.82. The number of hydrogen-bond acceptors (Lipinski definition) is 4. The number of anilines is 1. The maximum Gasteiger partial charge on any atom is 0.228 e. The standard InChI is InChI=1S/C14H16N4O2S/c1-9-3-2-4-10(7-9)20-6-5-12(19)17-14-11(13(15)21)8-16-18-14/h2-4,7-8H,5-6H2,1H3,(H2,15,21)(H2,16,17,18,19). The highest BCUT2D eigenvalue weighted by atomic mass is 32.1. The lowest BCUT2D eigenvalue weighted by Gasteiger charge is -2.07. The van der Waals surface area contributed by atoms with Gasteiger partial charge in [0.1, 0.15) is 16.6 Å². The molecular formula is C14H16N4O2S. The van der Waals surface area contributed by atoms with Crippen LogP contribution < -0.4 is 15.8 Å². The molecule has 0 spiro atoms. The second-order valence-corrected chi connectivity index (χ2v) is 4.93. The van der Waals surface area contributed by atoms with E-state index < -0.39 is 0 Å². The van der Waals surface area contributed by atoms with E-state index in [4.69, 9.17) is 22.7 Å². The van der Waals surface area contributed by atoms with Crippen LogP contribution in [0.2, 0.25) is 0 Å². The van der Waals surface area contributed by atoms with Gasteiger partial charge in [0, 0.05) is 0 Å². The summed E-state index contributed by atoms with van der Waals surface area (Å²) >= 11 is 4.86. The highest BCUT2D eigenvalue weighted by Crippen LogP contribution is 2.13. The van der Waals surface area contributed by atoms with Crippen LogP contribution in [-0.4, -0.2) is 27.7 Å². The summed E-state index contributed by atoms with van der Waals surface area (Å²) in [5, 5.41) is 9.10. The first kappa shape index (κ1) is 15.0. The van der Waals surface area contributed by atoms with Gasteiger partial charge in [-0.3, -0.25) is 9.89 Å². The van der Waals surface area contributed by atoms with E-state index in [1.165, 1.54) is 6.20 Å². The number of amides is 1. The molecule has 6 nitrogen and oxygen atoms in total. The molecule has 0 bridgehead atoms. The Hall–Kier alpha value is -2.41. The minimum Gasteiger partial charge on any atom is -0.493 e. The largest absolute Gasteiger partial charge is 0.493 e. The average Bonchev–Trinajstić information content (AvgIpc) is 2.87. The Kier molecular flexibility index (Phi) is 4.89. The van der Waals surface area contributed by atoms with Crippen molar-refractivity contribution in [1.29, 1.82) is 0 Å². The monoisotopic (exact) mass is 304 g/mol. The Labute approximate surface area is 127 Å². The number of nitrogens with one attached hydrogen (secondary N) is 2. The minimum absolute atomic E-state index is 0.176. The number of H-pyrrole nitrogens is 1. The molecule has 0 aliphatic carbocycles. The van der Waals surface area contributed by atoms with Crippen molar-refractivity contribution in [3.05, 3.63) is 41.6 Å². The fraction of sp³-hybridized carbons (Fsp3) is 0.214. The molecule has 1 amide bonds. The smallest absolute Gasteiger partial charge is 0.228 e. The number of rotatable bonds is 6. The van der Waals surface area contributed by atoms with Gasteiger partial charge in [-0.25, -0.2) is 0 Å². The van der Waals surface area contributed by atoms with Crippen molar-refractivity contribution in [1.82, 2.24) is 10.2 Å². The van der Waals surface area contributed by atoms with Crippen LogP contribution in [-0.2, 0) is 4.79 Å². The Morgan fingerprint density at radius 2 is 2.33 bits per heavy atom. The highest BCUT2D eigenvalue weighted by molar-refractivity contribution is 7.80. The molecule has 2 aromatic rings. The first-order valence-corrected chi connectivity index (χ1v) is 6.79. The van der Waals surface area contributed by atoms with Crippen LogP contribution in [0.1, 0.15) is 17.5 Å². The van der Waals surface area contributed by atoms with Crippen molar-refractivity contribution in [2.75, 3.05) is 11.9 Å². The summed E-state index contributed by atoms with van der Waals surface area (Å²) < 4.78 is 5.52. The topological polar surface area (TPSA) is 93.0 Å². The number of ether oxygens (including phenoxy) is 1. The Morgan fingerprint density at radius 3 is 3.05 bits per heavy atom. The number of aromatic amines is 1. The maximum absolute atomic E-state index is 11.8. The first-order valence-electron chi connectivity index (χ1n) is 6.39. The SMILES string of the molecule is Cc1cccc(OCCC(=O)Nc2[nH]ncc2C(N)=S)c1. The van der Waals surface area contributed by atoms with Crippen molar-refractivity contribution in [3.8, 4) is 5.75 Å². The zero-order valence-corrected chi connectivity index (χ0v) is 12.4. The summed E-state index contributed by atoms with van der Waals surface area (Å²) in [4.78, 5) is 12.0. The summed E-state index contributed by atoms with van der Waals surface area (Å²) in [5.74, 6) is 0.945. The van der Waals surface area contributed by atoms with Gasteiger partial charge in [-0.15, -0.1) is 0 Å². The summed E-state index contributed by atoms with van der Waals surface area (Å²) in [6.07, 6.45) is 1.69. The van der Waals surface area contributed by atoms with Crippen LogP contribution >= 0.6 is 12.2 Å². The predicted molar refractivity (Wildman–Crippen MR) is 84.4 cm³/mol. The Morgan fingerprint density at radius 1 is 1.52 bits per heavy atom. The summed E-state index contributed by atoms with van der Waals surface area (Å²) in [6, 6.07) is 7.65. The molecule has 0 fully saturated rings. The van der Waals surface area contributed by atoms with Crippen LogP contribution in [0.25, 0.3) is 0 Å². The molecule has 4 N–H and O–H groups in total. The fourth-order valence-corrected chi connectivity index (χ4v) is 1.89. The number of nitrogens with zero attached hydrogens (tertiary/aromatic N) is 1. The number of benzene rings is 1. The van der Waals surface area contributed by atoms with Gasteiger partial charge in [-0.2, -0.15) is 5.10 Å². The lowest BCUT2D eigenvalue weighted by molar-refractivity contribution is -0.116. The molecule has 0 unspecified atom stereocenters. The highest BCUT2D eigenvalue weighted by Gasteiger charge is 2.11. The Bertz CT molecular complexity index is 654. The van der Waals surface area contributed by atoms with Gasteiger partial charge in [0.25, 0.3) is 0 Å². The third kappa shape index (κ3) is 4.28. The van der Waals surface area contributed by atoms with Gasteiger partial charge < -0.3 is 15.8 Å². The number of aryl methyl sites for hydroxylation is 1. The number of carbonyl (C=O) groups excluding carboxylic acids is 1. The number of hydrogen-bond donors (Lipinski definition) is 3. The van der Waals surface area contributed by atoms with Gasteiger partial charge in [0.15, 0.2) is 0 Å². The van der Waals surface area contributed by atoms with E-state index in [-0.39, 0.29) is 23.9 Å². The molecule has 0 aliphatic heterocycles.